The van der Waals surface area contributed by atoms with Crippen LogP contribution in [0.3, 0.4) is 0 Å². The van der Waals surface area contributed by atoms with Crippen molar-refractivity contribution in [1.29, 1.82) is 0 Å². The van der Waals surface area contributed by atoms with Crippen LogP contribution in [0.1, 0.15) is 35.0 Å². The van der Waals surface area contributed by atoms with E-state index in [9.17, 15) is 9.59 Å². The zero-order valence-corrected chi connectivity index (χ0v) is 13.8. The number of carbonyl (C=O) groups is 2. The number of anilines is 1. The summed E-state index contributed by atoms with van der Waals surface area (Å²) in [6, 6.07) is 9.61. The van der Waals surface area contributed by atoms with Crippen molar-refractivity contribution in [2.75, 3.05) is 11.9 Å². The molecular formula is C18H23N3O2. The molecule has 23 heavy (non-hydrogen) atoms. The third-order valence-electron chi connectivity index (χ3n) is 3.65. The second-order valence-electron chi connectivity index (χ2n) is 5.73. The highest BCUT2D eigenvalue weighted by atomic mass is 16.1. The number of rotatable bonds is 7. The maximum atomic E-state index is 11.9. The minimum atomic E-state index is -0.0144. The molecule has 0 aliphatic heterocycles. The van der Waals surface area contributed by atoms with Crippen LogP contribution in [0.2, 0.25) is 0 Å². The molecule has 1 aromatic carbocycles. The number of aromatic nitrogens is 1. The number of ketones is 1. The summed E-state index contributed by atoms with van der Waals surface area (Å²) >= 11 is 0. The lowest BCUT2D eigenvalue weighted by Gasteiger charge is -2.07. The molecule has 0 saturated heterocycles. The number of amides is 1. The Morgan fingerprint density at radius 3 is 2.65 bits per heavy atom. The van der Waals surface area contributed by atoms with Crippen LogP contribution in [0.25, 0.3) is 0 Å². The van der Waals surface area contributed by atoms with Crippen LogP contribution in [0.5, 0.6) is 0 Å². The Labute approximate surface area is 136 Å². The Kier molecular flexibility index (Phi) is 5.71. The van der Waals surface area contributed by atoms with E-state index in [1.165, 1.54) is 0 Å². The Morgan fingerprint density at radius 1 is 1.22 bits per heavy atom. The highest BCUT2D eigenvalue weighted by Crippen LogP contribution is 2.10. The molecule has 2 aromatic rings. The average Bonchev–Trinajstić information content (AvgIpc) is 2.85. The topological polar surface area (TPSA) is 63.1 Å². The molecule has 1 amide bonds. The second kappa shape index (κ2) is 7.74. The number of nitrogens with zero attached hydrogens (tertiary/aromatic N) is 1. The molecule has 0 atom stereocenters. The van der Waals surface area contributed by atoms with Crippen LogP contribution in [0.15, 0.2) is 36.5 Å². The predicted octanol–water partition coefficient (Wildman–Crippen LogP) is 2.65. The Morgan fingerprint density at radius 2 is 2.00 bits per heavy atom. The van der Waals surface area contributed by atoms with Gasteiger partial charge in [0, 0.05) is 49.7 Å². The van der Waals surface area contributed by atoms with Gasteiger partial charge in [0.05, 0.1) is 0 Å². The molecule has 5 heteroatoms. The van der Waals surface area contributed by atoms with Crippen molar-refractivity contribution in [2.45, 2.75) is 26.8 Å². The number of hydrogen-bond donors (Lipinski definition) is 2. The first-order valence-electron chi connectivity index (χ1n) is 7.69. The van der Waals surface area contributed by atoms with E-state index in [4.69, 9.17) is 0 Å². The van der Waals surface area contributed by atoms with Gasteiger partial charge in [0.1, 0.15) is 0 Å². The Bertz CT molecular complexity index is 704. The van der Waals surface area contributed by atoms with Crippen LogP contribution < -0.4 is 10.6 Å². The van der Waals surface area contributed by atoms with Crippen LogP contribution in [-0.2, 0) is 18.4 Å². The first-order chi connectivity index (χ1) is 11.0. The Hall–Kier alpha value is -2.40. The van der Waals surface area contributed by atoms with Crippen LogP contribution in [0.4, 0.5) is 5.69 Å². The summed E-state index contributed by atoms with van der Waals surface area (Å²) in [5.41, 5.74) is 3.67. The number of Topliss-reactive ketones (excluding diaryl/α,β-unsaturated/α-hetero) is 1. The lowest BCUT2D eigenvalue weighted by atomic mass is 10.2. The van der Waals surface area contributed by atoms with Gasteiger partial charge in [0.15, 0.2) is 5.78 Å². The van der Waals surface area contributed by atoms with Gasteiger partial charge in [-0.1, -0.05) is 12.1 Å². The van der Waals surface area contributed by atoms with E-state index in [2.05, 4.69) is 10.6 Å². The van der Waals surface area contributed by atoms with Gasteiger partial charge in [-0.05, 0) is 37.6 Å². The number of hydrogen-bond acceptors (Lipinski definition) is 3. The van der Waals surface area contributed by atoms with E-state index in [0.29, 0.717) is 25.1 Å². The molecule has 0 aliphatic rings. The van der Waals surface area contributed by atoms with Crippen LogP contribution in [0, 0.1) is 6.92 Å². The minimum absolute atomic E-state index is 0.0144. The Balaban J connectivity index is 1.75. The van der Waals surface area contributed by atoms with E-state index in [1.807, 2.05) is 55.1 Å². The lowest BCUT2D eigenvalue weighted by Crippen LogP contribution is -2.22. The van der Waals surface area contributed by atoms with E-state index >= 15 is 0 Å². The lowest BCUT2D eigenvalue weighted by molar-refractivity contribution is -0.116. The van der Waals surface area contributed by atoms with Crippen molar-refractivity contribution in [3.8, 4) is 0 Å². The molecule has 122 valence electrons. The second-order valence-corrected chi connectivity index (χ2v) is 5.73. The first kappa shape index (κ1) is 17.0. The van der Waals surface area contributed by atoms with Crippen molar-refractivity contribution in [3.63, 3.8) is 0 Å². The maximum absolute atomic E-state index is 11.9. The van der Waals surface area contributed by atoms with Gasteiger partial charge in [-0.2, -0.15) is 0 Å². The van der Waals surface area contributed by atoms with E-state index < -0.39 is 0 Å². The number of carbonyl (C=O) groups excluding carboxylic acids is 2. The van der Waals surface area contributed by atoms with E-state index in [1.54, 1.807) is 6.92 Å². The van der Waals surface area contributed by atoms with Gasteiger partial charge >= 0.3 is 0 Å². The molecule has 2 rings (SSSR count). The van der Waals surface area contributed by atoms with Crippen LogP contribution in [-0.4, -0.2) is 22.8 Å². The highest BCUT2D eigenvalue weighted by Gasteiger charge is 2.07. The molecule has 2 N–H and O–H groups in total. The van der Waals surface area contributed by atoms with Crippen molar-refractivity contribution >= 4 is 17.4 Å². The molecule has 0 fully saturated rings. The van der Waals surface area contributed by atoms with Gasteiger partial charge < -0.3 is 15.2 Å². The molecule has 0 spiro atoms. The molecule has 0 bridgehead atoms. The largest absolute Gasteiger partial charge is 0.353 e. The monoisotopic (exact) mass is 313 g/mol. The first-order valence-corrected chi connectivity index (χ1v) is 7.69. The zero-order valence-electron chi connectivity index (χ0n) is 13.8. The quantitative estimate of drug-likeness (QED) is 0.610. The summed E-state index contributed by atoms with van der Waals surface area (Å²) in [5.74, 6) is 0.0452. The molecular weight excluding hydrogens is 290 g/mol. The van der Waals surface area contributed by atoms with Crippen molar-refractivity contribution in [2.24, 2.45) is 7.05 Å². The van der Waals surface area contributed by atoms with Crippen molar-refractivity contribution in [3.05, 3.63) is 53.3 Å². The summed E-state index contributed by atoms with van der Waals surface area (Å²) < 4.78 is 1.93. The molecule has 5 nitrogen and oxygen atoms in total. The maximum Gasteiger partial charge on any atom is 0.225 e. The highest BCUT2D eigenvalue weighted by molar-refractivity contribution is 5.94. The fourth-order valence-electron chi connectivity index (χ4n) is 2.34. The van der Waals surface area contributed by atoms with E-state index in [0.717, 1.165) is 16.9 Å². The van der Waals surface area contributed by atoms with Crippen LogP contribution >= 0.6 is 0 Å². The van der Waals surface area contributed by atoms with Gasteiger partial charge in [0.25, 0.3) is 0 Å². The number of benzene rings is 1. The predicted molar refractivity (Wildman–Crippen MR) is 91.5 cm³/mol. The van der Waals surface area contributed by atoms with Gasteiger partial charge in [0.2, 0.25) is 5.91 Å². The molecule has 1 aromatic heterocycles. The van der Waals surface area contributed by atoms with Gasteiger partial charge in [-0.15, -0.1) is 0 Å². The fraction of sp³-hybridized carbons (Fsp3) is 0.333. The molecule has 1 heterocycles. The number of aryl methyl sites for hydroxylation is 2. The summed E-state index contributed by atoms with van der Waals surface area (Å²) in [6.07, 6.45) is 2.22. The van der Waals surface area contributed by atoms with Gasteiger partial charge in [-0.25, -0.2) is 0 Å². The van der Waals surface area contributed by atoms with Crippen molar-refractivity contribution < 1.29 is 9.59 Å². The normalized spacial score (nSPS) is 10.6. The standard InChI is InChI=1S/C18H23N3O2/c1-13-5-4-6-16(9-13)20-18(23)7-8-19-11-17-10-15(14(2)22)12-21(17)3/h4-6,9-10,12,19H,7-8,11H2,1-3H3,(H,20,23). The smallest absolute Gasteiger partial charge is 0.225 e. The SMILES string of the molecule is CC(=O)c1cc(CNCCC(=O)Nc2cccc(C)c2)n(C)c1. The molecule has 0 radical (unpaired) electrons. The molecule has 0 aliphatic carbocycles. The number of nitrogens with one attached hydrogen (secondary N) is 2. The van der Waals surface area contributed by atoms with Crippen molar-refractivity contribution in [1.82, 2.24) is 9.88 Å². The minimum Gasteiger partial charge on any atom is -0.353 e. The third kappa shape index (κ3) is 5.07. The average molecular weight is 313 g/mol. The van der Waals surface area contributed by atoms with Gasteiger partial charge in [-0.3, -0.25) is 9.59 Å². The fourth-order valence-corrected chi connectivity index (χ4v) is 2.34. The summed E-state index contributed by atoms with van der Waals surface area (Å²) in [4.78, 5) is 23.2. The third-order valence-corrected chi connectivity index (χ3v) is 3.65. The zero-order chi connectivity index (χ0) is 16.8. The molecule has 0 unspecified atom stereocenters. The summed E-state index contributed by atoms with van der Waals surface area (Å²) in [5, 5.41) is 6.11. The molecule has 0 saturated carbocycles. The summed E-state index contributed by atoms with van der Waals surface area (Å²) in [6.45, 7) is 4.76. The van der Waals surface area contributed by atoms with E-state index in [-0.39, 0.29) is 11.7 Å². The summed E-state index contributed by atoms with van der Waals surface area (Å²) in [7, 11) is 1.91.